The highest BCUT2D eigenvalue weighted by Gasteiger charge is 2.16. The molecule has 142 valence electrons. The second-order valence-corrected chi connectivity index (χ2v) is 6.91. The van der Waals surface area contributed by atoms with Crippen molar-refractivity contribution in [2.45, 2.75) is 13.0 Å². The zero-order chi connectivity index (χ0) is 19.6. The van der Waals surface area contributed by atoms with Gasteiger partial charge in [0.1, 0.15) is 11.6 Å². The molecule has 0 saturated heterocycles. The lowest BCUT2D eigenvalue weighted by Crippen LogP contribution is -2.05. The van der Waals surface area contributed by atoms with Crippen LogP contribution in [0.3, 0.4) is 0 Å². The van der Waals surface area contributed by atoms with Crippen LogP contribution in [0.2, 0.25) is 0 Å². The molecule has 3 aromatic carbocycles. The van der Waals surface area contributed by atoms with E-state index in [1.54, 1.807) is 7.11 Å². The van der Waals surface area contributed by atoms with Gasteiger partial charge in [-0.25, -0.2) is 15.0 Å². The fraction of sp³-hybridized carbons (Fsp3) is 0.125. The van der Waals surface area contributed by atoms with Crippen LogP contribution in [0.25, 0.3) is 33.7 Å². The molecule has 5 heteroatoms. The van der Waals surface area contributed by atoms with Gasteiger partial charge in [-0.3, -0.25) is 0 Å². The minimum atomic E-state index is 0.669. The normalized spacial score (nSPS) is 11.2. The molecule has 0 N–H and O–H groups in total. The van der Waals surface area contributed by atoms with Crippen molar-refractivity contribution in [1.82, 2.24) is 19.5 Å². The SMILES string of the molecule is COc1ccc(-c2nc3nc4ccccc4nc3n2CCc2ccccc2)cc1. The van der Waals surface area contributed by atoms with Crippen molar-refractivity contribution < 1.29 is 4.74 Å². The molecular formula is C24H20N4O. The summed E-state index contributed by atoms with van der Waals surface area (Å²) in [5.74, 6) is 1.69. The number of ether oxygens (including phenoxy) is 1. The van der Waals surface area contributed by atoms with Gasteiger partial charge in [0.25, 0.3) is 0 Å². The average Bonchev–Trinajstić information content (AvgIpc) is 3.14. The van der Waals surface area contributed by atoms with Gasteiger partial charge in [0.15, 0.2) is 11.3 Å². The molecule has 5 rings (SSSR count). The van der Waals surface area contributed by atoms with Crippen LogP contribution in [-0.4, -0.2) is 26.6 Å². The molecule has 0 saturated carbocycles. The first kappa shape index (κ1) is 17.4. The number of benzene rings is 3. The predicted molar refractivity (Wildman–Crippen MR) is 115 cm³/mol. The molecule has 0 spiro atoms. The molecule has 0 bridgehead atoms. The van der Waals surface area contributed by atoms with E-state index in [4.69, 9.17) is 19.7 Å². The summed E-state index contributed by atoms with van der Waals surface area (Å²) in [6.07, 6.45) is 0.893. The summed E-state index contributed by atoms with van der Waals surface area (Å²) < 4.78 is 7.47. The van der Waals surface area contributed by atoms with Crippen LogP contribution < -0.4 is 4.74 Å². The third-order valence-electron chi connectivity index (χ3n) is 5.07. The standard InChI is InChI=1S/C24H20N4O/c1-29-19-13-11-18(12-14-19)23-27-22-24(26-21-10-6-5-9-20(21)25-22)28(23)16-15-17-7-3-2-4-8-17/h2-14H,15-16H2,1H3. The Kier molecular flexibility index (Phi) is 4.41. The summed E-state index contributed by atoms with van der Waals surface area (Å²) in [6, 6.07) is 26.3. The number of hydrogen-bond donors (Lipinski definition) is 0. The van der Waals surface area contributed by atoms with Crippen LogP contribution in [0.1, 0.15) is 5.56 Å². The van der Waals surface area contributed by atoms with Crippen LogP contribution in [-0.2, 0) is 13.0 Å². The molecule has 29 heavy (non-hydrogen) atoms. The van der Waals surface area contributed by atoms with Crippen molar-refractivity contribution in [2.24, 2.45) is 0 Å². The molecule has 0 atom stereocenters. The van der Waals surface area contributed by atoms with Crippen molar-refractivity contribution in [2.75, 3.05) is 7.11 Å². The Morgan fingerprint density at radius 3 is 2.17 bits per heavy atom. The van der Waals surface area contributed by atoms with Crippen molar-refractivity contribution in [3.05, 3.63) is 84.4 Å². The molecule has 0 fully saturated rings. The number of aromatic nitrogens is 4. The van der Waals surface area contributed by atoms with Crippen LogP contribution in [0.4, 0.5) is 0 Å². The summed E-state index contributed by atoms with van der Waals surface area (Å²) in [6.45, 7) is 0.773. The maximum absolute atomic E-state index is 5.30. The van der Waals surface area contributed by atoms with E-state index in [0.717, 1.165) is 46.8 Å². The molecule has 5 aromatic rings. The molecule has 2 heterocycles. The lowest BCUT2D eigenvalue weighted by molar-refractivity contribution is 0.415. The van der Waals surface area contributed by atoms with Gasteiger partial charge in [-0.15, -0.1) is 0 Å². The fourth-order valence-corrected chi connectivity index (χ4v) is 3.56. The zero-order valence-corrected chi connectivity index (χ0v) is 16.1. The smallest absolute Gasteiger partial charge is 0.198 e. The van der Waals surface area contributed by atoms with E-state index in [-0.39, 0.29) is 0 Å². The maximum atomic E-state index is 5.30. The minimum Gasteiger partial charge on any atom is -0.497 e. The Balaban J connectivity index is 1.65. The monoisotopic (exact) mass is 380 g/mol. The van der Waals surface area contributed by atoms with Crippen molar-refractivity contribution >= 4 is 22.3 Å². The van der Waals surface area contributed by atoms with Crippen molar-refractivity contribution in [3.63, 3.8) is 0 Å². The van der Waals surface area contributed by atoms with Gasteiger partial charge >= 0.3 is 0 Å². The Bertz CT molecular complexity index is 1280. The molecule has 2 aromatic heterocycles. The molecular weight excluding hydrogens is 360 g/mol. The number of nitrogens with zero attached hydrogens (tertiary/aromatic N) is 4. The van der Waals surface area contributed by atoms with Gasteiger partial charge in [-0.1, -0.05) is 42.5 Å². The summed E-state index contributed by atoms with van der Waals surface area (Å²) in [5.41, 5.74) is 5.51. The topological polar surface area (TPSA) is 52.8 Å². The van der Waals surface area contributed by atoms with Gasteiger partial charge < -0.3 is 9.30 Å². The van der Waals surface area contributed by atoms with E-state index < -0.39 is 0 Å². The molecule has 0 aliphatic heterocycles. The van der Waals surface area contributed by atoms with E-state index in [0.29, 0.717) is 5.65 Å². The van der Waals surface area contributed by atoms with Crippen molar-refractivity contribution in [1.29, 1.82) is 0 Å². The highest BCUT2D eigenvalue weighted by molar-refractivity contribution is 5.84. The van der Waals surface area contributed by atoms with E-state index in [9.17, 15) is 0 Å². The minimum absolute atomic E-state index is 0.669. The first-order valence-electron chi connectivity index (χ1n) is 9.63. The molecule has 0 unspecified atom stereocenters. The summed E-state index contributed by atoms with van der Waals surface area (Å²) in [5, 5.41) is 0. The van der Waals surface area contributed by atoms with Crippen LogP contribution >= 0.6 is 0 Å². The van der Waals surface area contributed by atoms with Gasteiger partial charge in [-0.05, 0) is 48.4 Å². The first-order chi connectivity index (χ1) is 14.3. The van der Waals surface area contributed by atoms with Gasteiger partial charge in [0, 0.05) is 12.1 Å². The number of aryl methyl sites for hydroxylation is 2. The van der Waals surface area contributed by atoms with Crippen LogP contribution in [0.5, 0.6) is 5.75 Å². The number of rotatable bonds is 5. The molecule has 0 aliphatic carbocycles. The van der Waals surface area contributed by atoms with Crippen LogP contribution in [0.15, 0.2) is 78.9 Å². The highest BCUT2D eigenvalue weighted by atomic mass is 16.5. The van der Waals surface area contributed by atoms with Gasteiger partial charge in [-0.2, -0.15) is 0 Å². The van der Waals surface area contributed by atoms with E-state index in [1.165, 1.54) is 5.56 Å². The number of methoxy groups -OCH3 is 1. The van der Waals surface area contributed by atoms with Crippen molar-refractivity contribution in [3.8, 4) is 17.1 Å². The summed E-state index contributed by atoms with van der Waals surface area (Å²) in [4.78, 5) is 14.5. The third-order valence-corrected chi connectivity index (χ3v) is 5.07. The molecule has 0 aliphatic rings. The lowest BCUT2D eigenvalue weighted by atomic mass is 10.1. The summed E-state index contributed by atoms with van der Waals surface area (Å²) >= 11 is 0. The molecule has 0 amide bonds. The van der Waals surface area contributed by atoms with E-state index in [2.05, 4.69) is 28.8 Å². The maximum Gasteiger partial charge on any atom is 0.198 e. The lowest BCUT2D eigenvalue weighted by Gasteiger charge is -2.10. The Hall–Kier alpha value is -3.73. The third kappa shape index (κ3) is 3.31. The largest absolute Gasteiger partial charge is 0.497 e. The predicted octanol–water partition coefficient (Wildman–Crippen LogP) is 4.90. The molecule has 0 radical (unpaired) electrons. The quantitative estimate of drug-likeness (QED) is 0.435. The first-order valence-corrected chi connectivity index (χ1v) is 9.63. The number of hydrogen-bond acceptors (Lipinski definition) is 4. The van der Waals surface area contributed by atoms with Gasteiger partial charge in [0.2, 0.25) is 0 Å². The van der Waals surface area contributed by atoms with Gasteiger partial charge in [0.05, 0.1) is 18.1 Å². The Morgan fingerprint density at radius 1 is 0.759 bits per heavy atom. The summed E-state index contributed by atoms with van der Waals surface area (Å²) in [7, 11) is 1.67. The Labute approximate surface area is 168 Å². The second-order valence-electron chi connectivity index (χ2n) is 6.91. The highest BCUT2D eigenvalue weighted by Crippen LogP contribution is 2.26. The number of fused-ring (bicyclic) bond motifs is 2. The van der Waals surface area contributed by atoms with E-state index in [1.807, 2.05) is 54.6 Å². The fourth-order valence-electron chi connectivity index (χ4n) is 3.56. The Morgan fingerprint density at radius 2 is 1.45 bits per heavy atom. The van der Waals surface area contributed by atoms with Crippen LogP contribution in [0, 0.1) is 0 Å². The van der Waals surface area contributed by atoms with E-state index >= 15 is 0 Å². The average molecular weight is 380 g/mol. The number of imidazole rings is 1. The zero-order valence-electron chi connectivity index (χ0n) is 16.1. The second kappa shape index (κ2) is 7.36. The number of para-hydroxylation sites is 2. The molecule has 5 nitrogen and oxygen atoms in total.